The summed E-state index contributed by atoms with van der Waals surface area (Å²) in [7, 11) is 0. The average molecular weight is 373 g/mol. The molecular weight excluding hydrogens is 365 g/mol. The van der Waals surface area contributed by atoms with E-state index in [9.17, 15) is 0 Å². The highest BCUT2D eigenvalue weighted by Gasteiger charge is 2.13. The molecule has 0 aliphatic carbocycles. The highest BCUT2D eigenvalue weighted by atomic mass is 79.9. The number of hydrogen-bond acceptors (Lipinski definition) is 1. The number of nitrogens with zero attached hydrogens (tertiary/aromatic N) is 1. The van der Waals surface area contributed by atoms with Crippen molar-refractivity contribution in [2.24, 2.45) is 0 Å². The van der Waals surface area contributed by atoms with Crippen LogP contribution in [0.4, 0.5) is 0 Å². The molecule has 0 radical (unpaired) electrons. The van der Waals surface area contributed by atoms with Crippen molar-refractivity contribution in [2.45, 2.75) is 4.90 Å². The van der Waals surface area contributed by atoms with Gasteiger partial charge in [-0.05, 0) is 46.1 Å². The first-order chi connectivity index (χ1) is 9.16. The van der Waals surface area contributed by atoms with Crippen LogP contribution in [0.1, 0.15) is 0 Å². The van der Waals surface area contributed by atoms with Crippen LogP contribution < -0.4 is 0 Å². The zero-order valence-electron chi connectivity index (χ0n) is 9.61. The molecule has 0 saturated heterocycles. The lowest BCUT2D eigenvalue weighted by Gasteiger charge is -2.06. The third kappa shape index (κ3) is 2.52. The Morgan fingerprint density at radius 2 is 1.74 bits per heavy atom. The van der Waals surface area contributed by atoms with E-state index in [4.69, 9.17) is 23.2 Å². The van der Waals surface area contributed by atoms with Crippen molar-refractivity contribution in [3.63, 3.8) is 0 Å². The number of aromatic nitrogens is 1. The van der Waals surface area contributed by atoms with E-state index in [2.05, 4.69) is 28.1 Å². The molecule has 1 nitrogen and oxygen atoms in total. The molecule has 0 atom stereocenters. The standard InChI is InChI=1S/C14H8BrCl2NS/c15-11-8-18(19-9-4-2-1-3-5-9)14-10(11)6-7-12(16)13(14)17/h1-8H. The maximum absolute atomic E-state index is 6.32. The van der Waals surface area contributed by atoms with Gasteiger partial charge in [-0.2, -0.15) is 0 Å². The van der Waals surface area contributed by atoms with Crippen LogP contribution in [0.15, 0.2) is 58.0 Å². The molecule has 1 aromatic heterocycles. The minimum Gasteiger partial charge on any atom is -0.284 e. The molecule has 0 N–H and O–H groups in total. The molecule has 0 aliphatic heterocycles. The quantitative estimate of drug-likeness (QED) is 0.513. The smallest absolute Gasteiger partial charge is 0.0844 e. The van der Waals surface area contributed by atoms with Gasteiger partial charge in [0.2, 0.25) is 0 Å². The Morgan fingerprint density at radius 3 is 2.47 bits per heavy atom. The zero-order chi connectivity index (χ0) is 13.4. The molecule has 3 rings (SSSR count). The Morgan fingerprint density at radius 1 is 1.00 bits per heavy atom. The van der Waals surface area contributed by atoms with Crippen LogP contribution in [0.5, 0.6) is 0 Å². The Kier molecular flexibility index (Phi) is 3.81. The Hall–Kier alpha value is -0.610. The van der Waals surface area contributed by atoms with Crippen LogP contribution in [-0.2, 0) is 0 Å². The van der Waals surface area contributed by atoms with E-state index in [0.29, 0.717) is 10.0 Å². The predicted molar refractivity (Wildman–Crippen MR) is 87.4 cm³/mol. The van der Waals surface area contributed by atoms with Gasteiger partial charge in [0, 0.05) is 21.0 Å². The molecule has 0 spiro atoms. The second-order valence-electron chi connectivity index (χ2n) is 3.96. The average Bonchev–Trinajstić information content (AvgIpc) is 2.72. The first-order valence-corrected chi connectivity index (χ1v) is 7.87. The minimum atomic E-state index is 0.565. The lowest BCUT2D eigenvalue weighted by atomic mass is 10.2. The Bertz CT molecular complexity index is 740. The normalized spacial score (nSPS) is 11.1. The van der Waals surface area contributed by atoms with Crippen LogP contribution in [0.25, 0.3) is 10.9 Å². The zero-order valence-corrected chi connectivity index (χ0v) is 13.5. The summed E-state index contributed by atoms with van der Waals surface area (Å²) in [5.74, 6) is 0. The van der Waals surface area contributed by atoms with Crippen molar-refractivity contribution in [2.75, 3.05) is 0 Å². The molecule has 0 aliphatic rings. The van der Waals surface area contributed by atoms with E-state index < -0.39 is 0 Å². The van der Waals surface area contributed by atoms with Crippen LogP contribution in [0.3, 0.4) is 0 Å². The van der Waals surface area contributed by atoms with Crippen molar-refractivity contribution in [3.05, 3.63) is 63.2 Å². The van der Waals surface area contributed by atoms with Crippen molar-refractivity contribution >= 4 is 62.0 Å². The molecule has 19 heavy (non-hydrogen) atoms. The minimum absolute atomic E-state index is 0.565. The molecule has 0 bridgehead atoms. The van der Waals surface area contributed by atoms with Crippen LogP contribution in [0.2, 0.25) is 10.0 Å². The number of rotatable bonds is 2. The predicted octanol–water partition coefficient (Wildman–Crippen LogP) is 6.27. The maximum atomic E-state index is 6.32. The van der Waals surface area contributed by atoms with Crippen molar-refractivity contribution in [3.8, 4) is 0 Å². The highest BCUT2D eigenvalue weighted by molar-refractivity contribution is 9.10. The molecule has 3 aromatic rings. The summed E-state index contributed by atoms with van der Waals surface area (Å²) in [5, 5.41) is 2.20. The summed E-state index contributed by atoms with van der Waals surface area (Å²) < 4.78 is 3.03. The van der Waals surface area contributed by atoms with Gasteiger partial charge in [0.15, 0.2) is 0 Å². The summed E-state index contributed by atoms with van der Waals surface area (Å²) in [5.41, 5.74) is 0.926. The van der Waals surface area contributed by atoms with Gasteiger partial charge in [-0.3, -0.25) is 3.97 Å². The van der Waals surface area contributed by atoms with E-state index in [1.165, 1.54) is 0 Å². The molecule has 0 fully saturated rings. The van der Waals surface area contributed by atoms with Crippen LogP contribution >= 0.6 is 51.1 Å². The number of hydrogen-bond donors (Lipinski definition) is 0. The fraction of sp³-hybridized carbons (Fsp3) is 0. The number of fused-ring (bicyclic) bond motifs is 1. The molecule has 0 amide bonds. The van der Waals surface area contributed by atoms with Gasteiger partial charge in [0.25, 0.3) is 0 Å². The first kappa shape index (κ1) is 13.4. The fourth-order valence-electron chi connectivity index (χ4n) is 1.85. The SMILES string of the molecule is Clc1ccc2c(Br)cn(Sc3ccccc3)c2c1Cl. The molecule has 0 saturated carbocycles. The lowest BCUT2D eigenvalue weighted by molar-refractivity contribution is 1.31. The Balaban J connectivity index is 2.16. The Labute approximate surface area is 133 Å². The van der Waals surface area contributed by atoms with Crippen molar-refractivity contribution in [1.29, 1.82) is 0 Å². The van der Waals surface area contributed by atoms with Gasteiger partial charge < -0.3 is 0 Å². The van der Waals surface area contributed by atoms with E-state index in [1.54, 1.807) is 11.9 Å². The van der Waals surface area contributed by atoms with E-state index in [-0.39, 0.29) is 0 Å². The third-order valence-electron chi connectivity index (χ3n) is 2.72. The van der Waals surface area contributed by atoms with Gasteiger partial charge in [0.1, 0.15) is 0 Å². The number of benzene rings is 2. The maximum Gasteiger partial charge on any atom is 0.0844 e. The van der Waals surface area contributed by atoms with Crippen LogP contribution in [0, 0.1) is 0 Å². The monoisotopic (exact) mass is 371 g/mol. The van der Waals surface area contributed by atoms with E-state index in [1.807, 2.05) is 40.5 Å². The van der Waals surface area contributed by atoms with Crippen molar-refractivity contribution in [1.82, 2.24) is 3.97 Å². The second-order valence-corrected chi connectivity index (χ2v) is 6.65. The highest BCUT2D eigenvalue weighted by Crippen LogP contribution is 2.39. The molecule has 1 heterocycles. The first-order valence-electron chi connectivity index (χ1n) is 5.55. The van der Waals surface area contributed by atoms with Crippen molar-refractivity contribution < 1.29 is 0 Å². The van der Waals surface area contributed by atoms with Gasteiger partial charge in [0.05, 0.1) is 15.6 Å². The van der Waals surface area contributed by atoms with E-state index >= 15 is 0 Å². The topological polar surface area (TPSA) is 4.93 Å². The largest absolute Gasteiger partial charge is 0.284 e. The number of halogens is 3. The van der Waals surface area contributed by atoms with Gasteiger partial charge in [-0.25, -0.2) is 0 Å². The third-order valence-corrected chi connectivity index (χ3v) is 5.12. The van der Waals surface area contributed by atoms with Gasteiger partial charge >= 0.3 is 0 Å². The summed E-state index contributed by atoms with van der Waals surface area (Å²) in [4.78, 5) is 1.14. The summed E-state index contributed by atoms with van der Waals surface area (Å²) in [6, 6.07) is 13.9. The lowest BCUT2D eigenvalue weighted by Crippen LogP contribution is -1.85. The van der Waals surface area contributed by atoms with Gasteiger partial charge in [-0.15, -0.1) is 0 Å². The molecule has 96 valence electrons. The summed E-state index contributed by atoms with van der Waals surface area (Å²) in [6.45, 7) is 0. The molecule has 5 heteroatoms. The summed E-state index contributed by atoms with van der Waals surface area (Å²) >= 11 is 17.6. The molecular formula is C14H8BrCl2NS. The summed E-state index contributed by atoms with van der Waals surface area (Å²) in [6.07, 6.45) is 2.00. The van der Waals surface area contributed by atoms with E-state index in [0.717, 1.165) is 20.3 Å². The van der Waals surface area contributed by atoms with Gasteiger partial charge in [-0.1, -0.05) is 47.5 Å². The second kappa shape index (κ2) is 5.41. The molecule has 2 aromatic carbocycles. The van der Waals surface area contributed by atoms with Crippen LogP contribution in [-0.4, -0.2) is 3.97 Å². The fourth-order valence-corrected chi connectivity index (χ4v) is 3.92. The molecule has 0 unspecified atom stereocenters.